The first-order valence-corrected chi connectivity index (χ1v) is 8.61. The van der Waals surface area contributed by atoms with Gasteiger partial charge in [0.05, 0.1) is 25.3 Å². The normalized spacial score (nSPS) is 12.3. The molecule has 0 aliphatic heterocycles. The molecule has 3 aromatic rings. The van der Waals surface area contributed by atoms with Crippen molar-refractivity contribution >= 4 is 28.4 Å². The van der Waals surface area contributed by atoms with Gasteiger partial charge in [0.15, 0.2) is 0 Å². The first-order chi connectivity index (χ1) is 12.5. The highest BCUT2D eigenvalue weighted by Crippen LogP contribution is 2.31. The van der Waals surface area contributed by atoms with E-state index in [0.717, 1.165) is 22.2 Å². The van der Waals surface area contributed by atoms with Crippen LogP contribution in [-0.2, 0) is 6.42 Å². The summed E-state index contributed by atoms with van der Waals surface area (Å²) in [6.07, 6.45) is -0.656. The van der Waals surface area contributed by atoms with Crippen molar-refractivity contribution in [1.82, 2.24) is 4.57 Å². The number of hydrogen-bond donors (Lipinski definition) is 2. The number of carbonyl (C=O) groups excluding carboxylic acids is 1. The Kier molecular flexibility index (Phi) is 5.32. The van der Waals surface area contributed by atoms with E-state index in [1.165, 1.54) is 0 Å². The molecule has 6 heteroatoms. The van der Waals surface area contributed by atoms with Gasteiger partial charge in [-0.1, -0.05) is 11.6 Å². The van der Waals surface area contributed by atoms with Crippen molar-refractivity contribution in [2.24, 2.45) is 0 Å². The first kappa shape index (κ1) is 18.5. The number of carbonyl (C=O) groups is 1. The molecule has 0 fully saturated rings. The Morgan fingerprint density at radius 2 is 1.92 bits per heavy atom. The maximum Gasteiger partial charge on any atom is 0.262 e. The van der Waals surface area contributed by atoms with Gasteiger partial charge in [-0.25, -0.2) is 0 Å². The van der Waals surface area contributed by atoms with E-state index in [-0.39, 0.29) is 18.9 Å². The molecule has 1 heterocycles. The van der Waals surface area contributed by atoms with E-state index in [0.29, 0.717) is 16.3 Å². The summed E-state index contributed by atoms with van der Waals surface area (Å²) in [5.74, 6) is 0.479. The molecule has 0 aliphatic carbocycles. The van der Waals surface area contributed by atoms with Gasteiger partial charge < -0.3 is 14.9 Å². The average Bonchev–Trinajstić information content (AvgIpc) is 2.92. The number of aliphatic hydroxyl groups is 2. The molecule has 3 rings (SSSR count). The molecular formula is C20H20ClNO4. The highest BCUT2D eigenvalue weighted by atomic mass is 35.5. The minimum absolute atomic E-state index is 0.181. The Hall–Kier alpha value is -2.34. The second kappa shape index (κ2) is 7.50. The summed E-state index contributed by atoms with van der Waals surface area (Å²) in [7, 11) is 1.58. The zero-order valence-electron chi connectivity index (χ0n) is 14.6. The molecule has 0 radical (unpaired) electrons. The van der Waals surface area contributed by atoms with Crippen LogP contribution in [0.15, 0.2) is 42.5 Å². The lowest BCUT2D eigenvalue weighted by atomic mass is 10.0. The van der Waals surface area contributed by atoms with E-state index in [1.54, 1.807) is 42.0 Å². The lowest BCUT2D eigenvalue weighted by Crippen LogP contribution is -2.17. The largest absolute Gasteiger partial charge is 0.497 e. The van der Waals surface area contributed by atoms with Crippen molar-refractivity contribution in [3.8, 4) is 5.75 Å². The summed E-state index contributed by atoms with van der Waals surface area (Å²) in [6.45, 7) is 1.49. The monoisotopic (exact) mass is 373 g/mol. The Labute approximate surface area is 156 Å². The summed E-state index contributed by atoms with van der Waals surface area (Å²) in [5, 5.41) is 20.5. The zero-order valence-corrected chi connectivity index (χ0v) is 15.3. The third-order valence-corrected chi connectivity index (χ3v) is 4.74. The lowest BCUT2D eigenvalue weighted by Gasteiger charge is -2.09. The maximum atomic E-state index is 13.1. The SMILES string of the molecule is COc1ccc2c(c1)c(CC(O)CO)c(C)n2C(=O)c1ccc(Cl)cc1. The van der Waals surface area contributed by atoms with E-state index >= 15 is 0 Å². The van der Waals surface area contributed by atoms with Crippen LogP contribution in [-0.4, -0.2) is 40.5 Å². The molecule has 136 valence electrons. The fourth-order valence-electron chi connectivity index (χ4n) is 3.13. The summed E-state index contributed by atoms with van der Waals surface area (Å²) in [4.78, 5) is 13.1. The molecule has 5 nitrogen and oxygen atoms in total. The Morgan fingerprint density at radius 3 is 2.54 bits per heavy atom. The standard InChI is InChI=1S/C20H20ClNO4/c1-12-17(9-15(24)11-23)18-10-16(26-2)7-8-19(18)22(12)20(25)13-3-5-14(21)6-4-13/h3-8,10,15,23-24H,9,11H2,1-2H3. The van der Waals surface area contributed by atoms with Crippen LogP contribution in [0.5, 0.6) is 5.75 Å². The molecule has 0 saturated carbocycles. The number of hydrogen-bond acceptors (Lipinski definition) is 4. The van der Waals surface area contributed by atoms with E-state index < -0.39 is 6.10 Å². The third-order valence-electron chi connectivity index (χ3n) is 4.49. The number of ether oxygens (including phenoxy) is 1. The summed E-state index contributed by atoms with van der Waals surface area (Å²) >= 11 is 5.92. The number of benzene rings is 2. The molecule has 0 spiro atoms. The molecule has 2 N–H and O–H groups in total. The van der Waals surface area contributed by atoms with Crippen molar-refractivity contribution in [1.29, 1.82) is 0 Å². The number of fused-ring (bicyclic) bond motifs is 1. The Balaban J connectivity index is 2.19. The van der Waals surface area contributed by atoms with Crippen LogP contribution in [0.3, 0.4) is 0 Å². The molecule has 0 saturated heterocycles. The fourth-order valence-corrected chi connectivity index (χ4v) is 3.26. The summed E-state index contributed by atoms with van der Waals surface area (Å²) in [5.41, 5.74) is 2.77. The van der Waals surface area contributed by atoms with Gasteiger partial charge in [0.2, 0.25) is 0 Å². The Bertz CT molecular complexity index is 947. The second-order valence-electron chi connectivity index (χ2n) is 6.14. The number of methoxy groups -OCH3 is 1. The van der Waals surface area contributed by atoms with Crippen molar-refractivity contribution in [2.45, 2.75) is 19.4 Å². The summed E-state index contributed by atoms with van der Waals surface area (Å²) < 4.78 is 6.92. The van der Waals surface area contributed by atoms with Gasteiger partial charge >= 0.3 is 0 Å². The van der Waals surface area contributed by atoms with E-state index in [2.05, 4.69) is 0 Å². The molecule has 26 heavy (non-hydrogen) atoms. The predicted molar refractivity (Wildman–Crippen MR) is 101 cm³/mol. The number of halogens is 1. The van der Waals surface area contributed by atoms with E-state index in [1.807, 2.05) is 19.1 Å². The van der Waals surface area contributed by atoms with Gasteiger partial charge in [-0.05, 0) is 55.0 Å². The van der Waals surface area contributed by atoms with E-state index in [9.17, 15) is 15.0 Å². The first-order valence-electron chi connectivity index (χ1n) is 8.23. The van der Waals surface area contributed by atoms with Gasteiger partial charge in [0.25, 0.3) is 5.91 Å². The number of nitrogens with zero attached hydrogens (tertiary/aromatic N) is 1. The van der Waals surface area contributed by atoms with Gasteiger partial charge in [0.1, 0.15) is 5.75 Å². The van der Waals surface area contributed by atoms with Crippen LogP contribution in [0.25, 0.3) is 10.9 Å². The van der Waals surface area contributed by atoms with Gasteiger partial charge in [0, 0.05) is 28.1 Å². The van der Waals surface area contributed by atoms with Crippen molar-refractivity contribution < 1.29 is 19.7 Å². The van der Waals surface area contributed by atoms with Crippen molar-refractivity contribution in [2.75, 3.05) is 13.7 Å². The van der Waals surface area contributed by atoms with Crippen LogP contribution in [0, 0.1) is 6.92 Å². The predicted octanol–water partition coefficient (Wildman–Crippen LogP) is 3.20. The number of rotatable bonds is 5. The van der Waals surface area contributed by atoms with Crippen LogP contribution in [0.1, 0.15) is 21.6 Å². The molecule has 2 aromatic carbocycles. The lowest BCUT2D eigenvalue weighted by molar-refractivity contribution is 0.0943. The topological polar surface area (TPSA) is 71.7 Å². The minimum atomic E-state index is -0.899. The summed E-state index contributed by atoms with van der Waals surface area (Å²) in [6, 6.07) is 12.2. The zero-order chi connectivity index (χ0) is 18.8. The third kappa shape index (κ3) is 3.33. The van der Waals surface area contributed by atoms with Gasteiger partial charge in [-0.15, -0.1) is 0 Å². The molecule has 0 amide bonds. The average molecular weight is 374 g/mol. The quantitative estimate of drug-likeness (QED) is 0.720. The van der Waals surface area contributed by atoms with Gasteiger partial charge in [-0.3, -0.25) is 9.36 Å². The molecular weight excluding hydrogens is 354 g/mol. The van der Waals surface area contributed by atoms with Crippen LogP contribution >= 0.6 is 11.6 Å². The second-order valence-corrected chi connectivity index (χ2v) is 6.57. The maximum absolute atomic E-state index is 13.1. The molecule has 1 aromatic heterocycles. The van der Waals surface area contributed by atoms with Crippen LogP contribution in [0.2, 0.25) is 5.02 Å². The molecule has 1 unspecified atom stereocenters. The highest BCUT2D eigenvalue weighted by molar-refractivity contribution is 6.30. The van der Waals surface area contributed by atoms with Crippen LogP contribution < -0.4 is 4.74 Å². The Morgan fingerprint density at radius 1 is 1.23 bits per heavy atom. The van der Waals surface area contributed by atoms with Crippen molar-refractivity contribution in [3.05, 3.63) is 64.3 Å². The molecule has 0 aliphatic rings. The number of aliphatic hydroxyl groups excluding tert-OH is 2. The van der Waals surface area contributed by atoms with E-state index in [4.69, 9.17) is 16.3 Å². The minimum Gasteiger partial charge on any atom is -0.497 e. The number of aromatic nitrogens is 1. The smallest absolute Gasteiger partial charge is 0.262 e. The van der Waals surface area contributed by atoms with Crippen molar-refractivity contribution in [3.63, 3.8) is 0 Å². The van der Waals surface area contributed by atoms with Crippen LogP contribution in [0.4, 0.5) is 0 Å². The molecule has 0 bridgehead atoms. The van der Waals surface area contributed by atoms with Gasteiger partial charge in [-0.2, -0.15) is 0 Å². The highest BCUT2D eigenvalue weighted by Gasteiger charge is 2.21. The molecule has 1 atom stereocenters. The fraction of sp³-hybridized carbons (Fsp3) is 0.250.